The molecule has 0 saturated heterocycles. The van der Waals surface area contributed by atoms with E-state index in [0.29, 0.717) is 0 Å². The Hall–Kier alpha value is -3.72. The smallest absolute Gasteiger partial charge is 0.244 e. The average molecular weight is 498 g/mol. The van der Waals surface area contributed by atoms with Crippen LogP contribution < -0.4 is 9.62 Å². The summed E-state index contributed by atoms with van der Waals surface area (Å²) in [4.78, 5) is 28.0. The van der Waals surface area contributed by atoms with Gasteiger partial charge < -0.3 is 10.2 Å². The van der Waals surface area contributed by atoms with Gasteiger partial charge in [0.1, 0.15) is 18.4 Å². The van der Waals surface area contributed by atoms with E-state index >= 15 is 0 Å². The topological polar surface area (TPSA) is 86.8 Å². The van der Waals surface area contributed by atoms with Gasteiger partial charge in [-0.2, -0.15) is 0 Å². The Morgan fingerprint density at radius 2 is 1.43 bits per heavy atom. The second-order valence-corrected chi connectivity index (χ2v) is 9.95. The van der Waals surface area contributed by atoms with E-state index in [1.165, 1.54) is 30.1 Å². The summed E-state index contributed by atoms with van der Waals surface area (Å²) >= 11 is 0. The van der Waals surface area contributed by atoms with Gasteiger partial charge in [0, 0.05) is 20.0 Å². The number of anilines is 1. The summed E-state index contributed by atoms with van der Waals surface area (Å²) in [6.45, 7) is -0.589. The van der Waals surface area contributed by atoms with Gasteiger partial charge in [-0.3, -0.25) is 13.9 Å². The Morgan fingerprint density at radius 3 is 1.97 bits per heavy atom. The molecule has 3 rings (SSSR count). The number of halogens is 1. The number of carbonyl (C=O) groups excluding carboxylic acids is 2. The normalized spacial score (nSPS) is 12.0. The number of rotatable bonds is 10. The molecule has 7 nitrogen and oxygen atoms in total. The number of hydrogen-bond acceptors (Lipinski definition) is 4. The molecule has 9 heteroatoms. The summed E-state index contributed by atoms with van der Waals surface area (Å²) in [7, 11) is -2.53. The maximum absolute atomic E-state index is 14.5. The van der Waals surface area contributed by atoms with Crippen LogP contribution in [0.1, 0.15) is 11.1 Å². The molecule has 0 spiro atoms. The first kappa shape index (κ1) is 25.9. The van der Waals surface area contributed by atoms with Gasteiger partial charge in [-0.15, -0.1) is 0 Å². The zero-order chi connectivity index (χ0) is 25.4. The fraction of sp³-hybridized carbons (Fsp3) is 0.231. The third-order valence-electron chi connectivity index (χ3n) is 5.51. The zero-order valence-corrected chi connectivity index (χ0v) is 20.4. The first-order chi connectivity index (χ1) is 16.7. The SMILES string of the molecule is CNC(=O)C(Cc1ccccc1)N(Cc1ccccc1)C(=O)CN(c1ccccc1F)S(C)(=O)=O. The molecule has 0 heterocycles. The molecule has 184 valence electrons. The van der Waals surface area contributed by atoms with Crippen LogP contribution in [0.5, 0.6) is 0 Å². The van der Waals surface area contributed by atoms with Crippen LogP contribution in [0.2, 0.25) is 0 Å². The molecular weight excluding hydrogens is 469 g/mol. The Balaban J connectivity index is 2.01. The van der Waals surface area contributed by atoms with Gasteiger partial charge in [0.15, 0.2) is 0 Å². The van der Waals surface area contributed by atoms with E-state index in [9.17, 15) is 22.4 Å². The van der Waals surface area contributed by atoms with Crippen molar-refractivity contribution in [3.05, 3.63) is 102 Å². The molecule has 0 fully saturated rings. The number of para-hydroxylation sites is 1. The predicted molar refractivity (Wildman–Crippen MR) is 134 cm³/mol. The van der Waals surface area contributed by atoms with Gasteiger partial charge in [-0.1, -0.05) is 72.8 Å². The van der Waals surface area contributed by atoms with Crippen LogP contribution in [0.15, 0.2) is 84.9 Å². The number of amides is 2. The third-order valence-corrected chi connectivity index (χ3v) is 6.64. The number of nitrogens with one attached hydrogen (secondary N) is 1. The van der Waals surface area contributed by atoms with Gasteiger partial charge >= 0.3 is 0 Å². The Bertz CT molecular complexity index is 1250. The first-order valence-corrected chi connectivity index (χ1v) is 12.9. The minimum Gasteiger partial charge on any atom is -0.357 e. The standard InChI is InChI=1S/C26H28FN3O4S/c1-28-26(32)24(17-20-11-5-3-6-12-20)29(18-21-13-7-4-8-14-21)25(31)19-30(35(2,33)34)23-16-10-9-15-22(23)27/h3-16,24H,17-19H2,1-2H3,(H,28,32). The molecule has 35 heavy (non-hydrogen) atoms. The quantitative estimate of drug-likeness (QED) is 0.467. The molecule has 0 aliphatic carbocycles. The highest BCUT2D eigenvalue weighted by molar-refractivity contribution is 7.92. The molecule has 1 unspecified atom stereocenters. The lowest BCUT2D eigenvalue weighted by atomic mass is 10.0. The minimum atomic E-state index is -4.01. The summed E-state index contributed by atoms with van der Waals surface area (Å²) in [5.41, 5.74) is 1.36. The highest BCUT2D eigenvalue weighted by Crippen LogP contribution is 2.23. The number of nitrogens with zero attached hydrogens (tertiary/aromatic N) is 2. The van der Waals surface area contributed by atoms with Crippen molar-refractivity contribution in [2.24, 2.45) is 0 Å². The lowest BCUT2D eigenvalue weighted by molar-refractivity contribution is -0.139. The van der Waals surface area contributed by atoms with Gasteiger partial charge in [0.2, 0.25) is 21.8 Å². The van der Waals surface area contributed by atoms with Crippen molar-refractivity contribution in [2.75, 3.05) is 24.2 Å². The summed E-state index contributed by atoms with van der Waals surface area (Å²) in [6.07, 6.45) is 1.13. The molecule has 0 bridgehead atoms. The lowest BCUT2D eigenvalue weighted by Crippen LogP contribution is -2.53. The molecule has 0 saturated carbocycles. The van der Waals surface area contributed by atoms with Crippen LogP contribution in [0.3, 0.4) is 0 Å². The van der Waals surface area contributed by atoms with E-state index in [1.807, 2.05) is 60.7 Å². The fourth-order valence-electron chi connectivity index (χ4n) is 3.75. The van der Waals surface area contributed by atoms with E-state index in [1.54, 1.807) is 0 Å². The Kier molecular flexibility index (Phi) is 8.59. The number of hydrogen-bond donors (Lipinski definition) is 1. The van der Waals surface area contributed by atoms with Gasteiger partial charge in [0.25, 0.3) is 0 Å². The Morgan fingerprint density at radius 1 is 0.886 bits per heavy atom. The van der Waals surface area contributed by atoms with Crippen LogP contribution in [0.4, 0.5) is 10.1 Å². The van der Waals surface area contributed by atoms with Gasteiger partial charge in [-0.25, -0.2) is 12.8 Å². The van der Waals surface area contributed by atoms with Crippen LogP contribution >= 0.6 is 0 Å². The van der Waals surface area contributed by atoms with E-state index in [2.05, 4.69) is 5.32 Å². The second-order valence-electron chi connectivity index (χ2n) is 8.05. The van der Waals surface area contributed by atoms with Crippen molar-refractivity contribution in [1.82, 2.24) is 10.2 Å². The summed E-state index contributed by atoms with van der Waals surface area (Å²) in [5, 5.41) is 2.61. The first-order valence-electron chi connectivity index (χ1n) is 11.0. The van der Waals surface area contributed by atoms with E-state index < -0.39 is 40.2 Å². The van der Waals surface area contributed by atoms with Gasteiger partial charge in [-0.05, 0) is 23.3 Å². The number of benzene rings is 3. The third kappa shape index (κ3) is 6.89. The average Bonchev–Trinajstić information content (AvgIpc) is 2.85. The summed E-state index contributed by atoms with van der Waals surface area (Å²) < 4.78 is 40.4. The van der Waals surface area contributed by atoms with Crippen molar-refractivity contribution in [3.63, 3.8) is 0 Å². The monoisotopic (exact) mass is 497 g/mol. The van der Waals surface area contributed by atoms with E-state index in [4.69, 9.17) is 0 Å². The molecule has 3 aromatic carbocycles. The second kappa shape index (κ2) is 11.6. The lowest BCUT2D eigenvalue weighted by Gasteiger charge is -2.33. The molecule has 1 N–H and O–H groups in total. The van der Waals surface area contributed by atoms with Crippen molar-refractivity contribution in [1.29, 1.82) is 0 Å². The Labute approximate surface area is 205 Å². The van der Waals surface area contributed by atoms with E-state index in [-0.39, 0.29) is 18.7 Å². The highest BCUT2D eigenvalue weighted by atomic mass is 32.2. The van der Waals surface area contributed by atoms with Gasteiger partial charge in [0.05, 0.1) is 11.9 Å². The molecule has 2 amide bonds. The maximum atomic E-state index is 14.5. The van der Waals surface area contributed by atoms with Crippen molar-refractivity contribution in [3.8, 4) is 0 Å². The number of carbonyl (C=O) groups is 2. The van der Waals surface area contributed by atoms with Crippen LogP contribution in [-0.2, 0) is 32.6 Å². The van der Waals surface area contributed by atoms with Crippen molar-refractivity contribution in [2.45, 2.75) is 19.0 Å². The molecule has 1 atom stereocenters. The largest absolute Gasteiger partial charge is 0.357 e. The van der Waals surface area contributed by atoms with Crippen LogP contribution in [0, 0.1) is 5.82 Å². The highest BCUT2D eigenvalue weighted by Gasteiger charge is 2.33. The molecular formula is C26H28FN3O4S. The number of likely N-dealkylation sites (N-methyl/N-ethyl adjacent to an activating group) is 1. The molecule has 0 aromatic heterocycles. The number of sulfonamides is 1. The van der Waals surface area contributed by atoms with Crippen molar-refractivity contribution >= 4 is 27.5 Å². The minimum absolute atomic E-state index is 0.0689. The van der Waals surface area contributed by atoms with E-state index in [0.717, 1.165) is 27.8 Å². The molecule has 0 radical (unpaired) electrons. The summed E-state index contributed by atoms with van der Waals surface area (Å²) in [5.74, 6) is -1.80. The van der Waals surface area contributed by atoms with Crippen LogP contribution in [-0.4, -0.2) is 51.0 Å². The predicted octanol–water partition coefficient (Wildman–Crippen LogP) is 2.98. The van der Waals surface area contributed by atoms with Crippen molar-refractivity contribution < 1.29 is 22.4 Å². The molecule has 0 aliphatic rings. The zero-order valence-electron chi connectivity index (χ0n) is 19.6. The molecule has 3 aromatic rings. The van der Waals surface area contributed by atoms with Crippen LogP contribution in [0.25, 0.3) is 0 Å². The summed E-state index contributed by atoms with van der Waals surface area (Å²) in [6, 6.07) is 22.7. The maximum Gasteiger partial charge on any atom is 0.244 e. The molecule has 0 aliphatic heterocycles. The fourth-order valence-corrected chi connectivity index (χ4v) is 4.60.